The lowest BCUT2D eigenvalue weighted by Crippen LogP contribution is -2.46. The molecule has 0 atom stereocenters. The first-order valence-electron chi connectivity index (χ1n) is 9.17. The van der Waals surface area contributed by atoms with Crippen LogP contribution in [-0.2, 0) is 5.60 Å². The van der Waals surface area contributed by atoms with Crippen LogP contribution in [0.2, 0.25) is 0 Å². The van der Waals surface area contributed by atoms with Crippen molar-refractivity contribution in [1.29, 1.82) is 0 Å². The molecule has 3 aromatic rings. The molecular formula is C18H16FN7O2. The van der Waals surface area contributed by atoms with Crippen molar-refractivity contribution >= 4 is 17.6 Å². The maximum atomic E-state index is 14.4. The molecule has 1 aliphatic carbocycles. The fourth-order valence-electron chi connectivity index (χ4n) is 4.20. The van der Waals surface area contributed by atoms with Crippen molar-refractivity contribution < 1.29 is 14.0 Å². The van der Waals surface area contributed by atoms with Crippen LogP contribution in [0.25, 0.3) is 5.69 Å². The van der Waals surface area contributed by atoms with Crippen molar-refractivity contribution in [2.45, 2.75) is 31.3 Å². The summed E-state index contributed by atoms with van der Waals surface area (Å²) < 4.78 is 21.2. The van der Waals surface area contributed by atoms with Gasteiger partial charge in [-0.05, 0) is 43.0 Å². The molecule has 0 saturated heterocycles. The summed E-state index contributed by atoms with van der Waals surface area (Å²) in [5.74, 6) is 1.64. The van der Waals surface area contributed by atoms with Crippen LogP contribution in [0.3, 0.4) is 0 Å². The average molecular weight is 381 g/mol. The van der Waals surface area contributed by atoms with Gasteiger partial charge in [0.2, 0.25) is 0 Å². The normalized spacial score (nSPS) is 19.4. The second-order valence-corrected chi connectivity index (χ2v) is 7.21. The van der Waals surface area contributed by atoms with Gasteiger partial charge < -0.3 is 9.63 Å². The van der Waals surface area contributed by atoms with Gasteiger partial charge in [0.1, 0.15) is 12.3 Å². The van der Waals surface area contributed by atoms with Gasteiger partial charge in [0.25, 0.3) is 17.9 Å². The van der Waals surface area contributed by atoms with Crippen molar-refractivity contribution in [3.63, 3.8) is 0 Å². The molecule has 1 saturated carbocycles. The molecule has 0 amide bonds. The van der Waals surface area contributed by atoms with E-state index in [9.17, 15) is 9.50 Å². The fraction of sp³-hybridized carbons (Fsp3) is 0.333. The number of rotatable bonds is 2. The van der Waals surface area contributed by atoms with Crippen LogP contribution in [0, 0.1) is 6.08 Å². The molecule has 1 fully saturated rings. The van der Waals surface area contributed by atoms with Crippen LogP contribution >= 0.6 is 0 Å². The van der Waals surface area contributed by atoms with E-state index >= 15 is 0 Å². The number of aliphatic hydroxyl groups is 1. The van der Waals surface area contributed by atoms with E-state index in [0.29, 0.717) is 30.2 Å². The van der Waals surface area contributed by atoms with E-state index in [-0.39, 0.29) is 18.5 Å². The van der Waals surface area contributed by atoms with Gasteiger partial charge in [-0.1, -0.05) is 12.1 Å². The number of aliphatic imine (C=N–C) groups is 1. The van der Waals surface area contributed by atoms with Gasteiger partial charge in [-0.25, -0.2) is 20.0 Å². The molecule has 3 aliphatic rings. The van der Waals surface area contributed by atoms with E-state index in [0.717, 1.165) is 18.4 Å². The first-order valence-corrected chi connectivity index (χ1v) is 9.17. The molecule has 10 heteroatoms. The smallest absolute Gasteiger partial charge is 0.295 e. The largest absolute Gasteiger partial charge is 0.380 e. The highest BCUT2D eigenvalue weighted by Crippen LogP contribution is 2.40. The van der Waals surface area contributed by atoms with E-state index < -0.39 is 11.7 Å². The van der Waals surface area contributed by atoms with Crippen LogP contribution in [0.4, 0.5) is 16.2 Å². The summed E-state index contributed by atoms with van der Waals surface area (Å²) in [5, 5.41) is 18.2. The maximum Gasteiger partial charge on any atom is 0.295 e. The van der Waals surface area contributed by atoms with Crippen molar-refractivity contribution in [1.82, 2.24) is 19.7 Å². The highest BCUT2D eigenvalue weighted by atomic mass is 19.1. The summed E-state index contributed by atoms with van der Waals surface area (Å²) in [5.41, 5.74) is 0.391. The van der Waals surface area contributed by atoms with Gasteiger partial charge in [-0.3, -0.25) is 4.57 Å². The quantitative estimate of drug-likeness (QED) is 0.726. The zero-order chi connectivity index (χ0) is 18.9. The third-order valence-corrected chi connectivity index (χ3v) is 5.57. The number of anilines is 2. The molecule has 0 spiro atoms. The van der Waals surface area contributed by atoms with Crippen molar-refractivity contribution in [3.05, 3.63) is 48.0 Å². The minimum Gasteiger partial charge on any atom is -0.380 e. The highest BCUT2D eigenvalue weighted by molar-refractivity contribution is 6.16. The van der Waals surface area contributed by atoms with Gasteiger partial charge >= 0.3 is 0 Å². The highest BCUT2D eigenvalue weighted by Gasteiger charge is 2.42. The second-order valence-electron chi connectivity index (χ2n) is 7.21. The zero-order valence-electron chi connectivity index (χ0n) is 14.8. The number of benzene rings is 1. The van der Waals surface area contributed by atoms with Crippen LogP contribution < -0.4 is 10.0 Å². The Bertz CT molecular complexity index is 1110. The number of imidazole rings is 1. The SMILES string of the molecule is OC1(c2nc(N3CN=C4c5ccccc5-n5c(cnc5F)N43)no2)CCCC1. The first-order chi connectivity index (χ1) is 13.7. The van der Waals surface area contributed by atoms with Gasteiger partial charge in [0.15, 0.2) is 11.7 Å². The molecule has 2 aromatic heterocycles. The lowest BCUT2D eigenvalue weighted by molar-refractivity contribution is 0.0112. The third kappa shape index (κ3) is 1.97. The minimum atomic E-state index is -1.07. The van der Waals surface area contributed by atoms with Gasteiger partial charge in [-0.2, -0.15) is 9.37 Å². The molecule has 0 radical (unpaired) electrons. The Balaban J connectivity index is 1.44. The van der Waals surface area contributed by atoms with Gasteiger partial charge in [-0.15, -0.1) is 0 Å². The topological polar surface area (TPSA) is 95.8 Å². The molecule has 28 heavy (non-hydrogen) atoms. The summed E-state index contributed by atoms with van der Waals surface area (Å²) in [6, 6.07) is 7.44. The average Bonchev–Trinajstić information content (AvgIpc) is 3.47. The summed E-state index contributed by atoms with van der Waals surface area (Å²) in [6.45, 7) is 0.244. The van der Waals surface area contributed by atoms with Crippen LogP contribution in [0.1, 0.15) is 37.1 Å². The summed E-state index contributed by atoms with van der Waals surface area (Å²) in [4.78, 5) is 12.9. The molecular weight excluding hydrogens is 365 g/mol. The number of hydrogen-bond donors (Lipinski definition) is 1. The zero-order valence-corrected chi connectivity index (χ0v) is 14.8. The summed E-state index contributed by atoms with van der Waals surface area (Å²) in [6.07, 6.45) is 3.89. The lowest BCUT2D eigenvalue weighted by Gasteiger charge is -2.33. The van der Waals surface area contributed by atoms with E-state index in [1.807, 2.05) is 24.3 Å². The molecule has 0 bridgehead atoms. The number of fused-ring (bicyclic) bond motifs is 6. The Morgan fingerprint density at radius 3 is 2.86 bits per heavy atom. The Labute approximate surface area is 158 Å². The molecule has 0 unspecified atom stereocenters. The van der Waals surface area contributed by atoms with Gasteiger partial charge in [0, 0.05) is 5.56 Å². The second kappa shape index (κ2) is 5.38. The molecule has 9 nitrogen and oxygen atoms in total. The number of nitrogens with zero attached hydrogens (tertiary/aromatic N) is 7. The predicted molar refractivity (Wildman–Crippen MR) is 96.5 cm³/mol. The van der Waals surface area contributed by atoms with E-state index in [1.54, 1.807) is 10.0 Å². The van der Waals surface area contributed by atoms with Crippen molar-refractivity contribution in [2.24, 2.45) is 4.99 Å². The lowest BCUT2D eigenvalue weighted by atomic mass is 10.0. The predicted octanol–water partition coefficient (Wildman–Crippen LogP) is 2.12. The number of aromatic nitrogens is 4. The number of halogens is 1. The van der Waals surface area contributed by atoms with Crippen LogP contribution in [0.15, 0.2) is 40.0 Å². The number of hydrazine groups is 1. The Morgan fingerprint density at radius 2 is 2.00 bits per heavy atom. The monoisotopic (exact) mass is 381 g/mol. The summed E-state index contributed by atoms with van der Waals surface area (Å²) >= 11 is 0. The molecule has 1 aromatic carbocycles. The van der Waals surface area contributed by atoms with Crippen molar-refractivity contribution in [3.8, 4) is 5.69 Å². The maximum absolute atomic E-state index is 14.4. The van der Waals surface area contributed by atoms with E-state index in [1.165, 1.54) is 10.8 Å². The number of amidine groups is 1. The molecule has 2 aliphatic heterocycles. The number of hydrogen-bond acceptors (Lipinski definition) is 8. The fourth-order valence-corrected chi connectivity index (χ4v) is 4.20. The Hall–Kier alpha value is -3.27. The van der Waals surface area contributed by atoms with E-state index in [2.05, 4.69) is 20.1 Å². The van der Waals surface area contributed by atoms with Crippen molar-refractivity contribution in [2.75, 3.05) is 16.7 Å². The number of para-hydroxylation sites is 1. The molecule has 4 heterocycles. The Morgan fingerprint density at radius 1 is 1.18 bits per heavy atom. The first kappa shape index (κ1) is 15.8. The summed E-state index contributed by atoms with van der Waals surface area (Å²) in [7, 11) is 0. The molecule has 142 valence electrons. The van der Waals surface area contributed by atoms with E-state index in [4.69, 9.17) is 4.52 Å². The third-order valence-electron chi connectivity index (χ3n) is 5.57. The standard InChI is InChI=1S/C18H16FN7O2/c19-16-20-9-13-25(16)12-6-2-1-5-11(12)14-21-10-24(26(13)14)17-22-15(28-23-17)18(27)7-3-4-8-18/h1-2,5-6,9,27H,3-4,7-8,10H2. The minimum absolute atomic E-state index is 0.213. The van der Waals surface area contributed by atoms with Crippen LogP contribution in [-0.4, -0.2) is 37.3 Å². The Kier molecular flexibility index (Phi) is 3.03. The van der Waals surface area contributed by atoms with Gasteiger partial charge in [0.05, 0.1) is 11.9 Å². The molecule has 6 rings (SSSR count). The molecule has 1 N–H and O–H groups in total. The van der Waals surface area contributed by atoms with Crippen LogP contribution in [0.5, 0.6) is 0 Å².